The molecule has 0 aliphatic rings. The first-order valence-electron chi connectivity index (χ1n) is 4.64. The molecular weight excluding hydrogens is 182 g/mol. The van der Waals surface area contributed by atoms with Gasteiger partial charge in [0.05, 0.1) is 0 Å². The Bertz CT molecular complexity index is 188. The van der Waals surface area contributed by atoms with Crippen molar-refractivity contribution in [1.82, 2.24) is 0 Å². The monoisotopic (exact) mass is 211 g/mol. The van der Waals surface area contributed by atoms with Gasteiger partial charge in [0.15, 0.2) is 0 Å². The minimum Gasteiger partial charge on any atom is -0.330 e. The summed E-state index contributed by atoms with van der Waals surface area (Å²) in [4.78, 5) is 0. The summed E-state index contributed by atoms with van der Waals surface area (Å²) in [5.74, 6) is 0. The predicted octanol–water partition coefficient (Wildman–Crippen LogP) is 4.05. The number of hydrogen-bond donors (Lipinski definition) is 1. The molecule has 2 N–H and O–H groups in total. The van der Waals surface area contributed by atoms with E-state index in [2.05, 4.69) is 31.2 Å². The molecule has 1 rings (SSSR count). The van der Waals surface area contributed by atoms with E-state index in [0.29, 0.717) is 0 Å². The molecule has 0 heterocycles. The van der Waals surface area contributed by atoms with E-state index in [-0.39, 0.29) is 22.3 Å². The van der Waals surface area contributed by atoms with Crippen LogP contribution in [0.1, 0.15) is 46.8 Å². The third kappa shape index (κ3) is 7.15. The SMILES string of the molecule is C.C.C.CCCc1ccc(CCN)cc1. The summed E-state index contributed by atoms with van der Waals surface area (Å²) in [5.41, 5.74) is 8.23. The minimum absolute atomic E-state index is 0. The van der Waals surface area contributed by atoms with Gasteiger partial charge in [-0.3, -0.25) is 0 Å². The van der Waals surface area contributed by atoms with Crippen molar-refractivity contribution < 1.29 is 0 Å². The molecule has 1 heteroatoms. The van der Waals surface area contributed by atoms with Crippen LogP contribution in [0.25, 0.3) is 0 Å². The van der Waals surface area contributed by atoms with E-state index in [1.165, 1.54) is 24.0 Å². The van der Waals surface area contributed by atoms with E-state index < -0.39 is 0 Å². The van der Waals surface area contributed by atoms with Gasteiger partial charge in [-0.25, -0.2) is 0 Å². The number of aryl methyl sites for hydroxylation is 1. The van der Waals surface area contributed by atoms with Gasteiger partial charge in [0.25, 0.3) is 0 Å². The molecule has 90 valence electrons. The second kappa shape index (κ2) is 11.3. The maximum absolute atomic E-state index is 5.46. The van der Waals surface area contributed by atoms with Crippen LogP contribution in [-0.2, 0) is 12.8 Å². The van der Waals surface area contributed by atoms with Crippen LogP contribution in [0.15, 0.2) is 24.3 Å². The second-order valence-electron chi connectivity index (χ2n) is 3.11. The summed E-state index contributed by atoms with van der Waals surface area (Å²) in [5, 5.41) is 0. The molecule has 0 amide bonds. The van der Waals surface area contributed by atoms with Crippen molar-refractivity contribution in [3.63, 3.8) is 0 Å². The first kappa shape index (κ1) is 19.7. The lowest BCUT2D eigenvalue weighted by molar-refractivity contribution is 0.915. The summed E-state index contributed by atoms with van der Waals surface area (Å²) < 4.78 is 0. The highest BCUT2D eigenvalue weighted by atomic mass is 14.5. The van der Waals surface area contributed by atoms with Gasteiger partial charge in [-0.2, -0.15) is 0 Å². The fourth-order valence-corrected chi connectivity index (χ4v) is 1.33. The molecule has 15 heavy (non-hydrogen) atoms. The molecule has 1 nitrogen and oxygen atoms in total. The number of benzene rings is 1. The first-order chi connectivity index (χ1) is 5.86. The number of rotatable bonds is 4. The fraction of sp³-hybridized carbons (Fsp3) is 0.571. The maximum atomic E-state index is 5.46. The van der Waals surface area contributed by atoms with Crippen molar-refractivity contribution in [1.29, 1.82) is 0 Å². The van der Waals surface area contributed by atoms with Crippen LogP contribution in [0.3, 0.4) is 0 Å². The molecule has 0 aliphatic carbocycles. The molecule has 0 atom stereocenters. The molecule has 0 saturated heterocycles. The Morgan fingerprint density at radius 2 is 1.27 bits per heavy atom. The second-order valence-corrected chi connectivity index (χ2v) is 3.11. The van der Waals surface area contributed by atoms with Crippen LogP contribution < -0.4 is 5.73 Å². The minimum atomic E-state index is 0. The molecule has 0 unspecified atom stereocenters. The number of hydrogen-bond acceptors (Lipinski definition) is 1. The van der Waals surface area contributed by atoms with Crippen LogP contribution >= 0.6 is 0 Å². The first-order valence-corrected chi connectivity index (χ1v) is 4.64. The van der Waals surface area contributed by atoms with Gasteiger partial charge in [-0.15, -0.1) is 0 Å². The van der Waals surface area contributed by atoms with Crippen LogP contribution in [-0.4, -0.2) is 6.54 Å². The predicted molar refractivity (Wildman–Crippen MR) is 73.4 cm³/mol. The van der Waals surface area contributed by atoms with Gasteiger partial charge in [-0.05, 0) is 30.5 Å². The molecule has 1 aromatic rings. The van der Waals surface area contributed by atoms with Gasteiger partial charge in [0.2, 0.25) is 0 Å². The summed E-state index contributed by atoms with van der Waals surface area (Å²) in [7, 11) is 0. The van der Waals surface area contributed by atoms with Gasteiger partial charge in [0.1, 0.15) is 0 Å². The normalized spacial score (nSPS) is 8.13. The average molecular weight is 211 g/mol. The fourth-order valence-electron chi connectivity index (χ4n) is 1.33. The van der Waals surface area contributed by atoms with Crippen molar-refractivity contribution in [2.24, 2.45) is 5.73 Å². The Hall–Kier alpha value is -0.820. The number of nitrogens with two attached hydrogens (primary N) is 1. The van der Waals surface area contributed by atoms with Crippen molar-refractivity contribution in [2.75, 3.05) is 6.54 Å². The topological polar surface area (TPSA) is 26.0 Å². The average Bonchev–Trinajstić information content (AvgIpc) is 2.09. The molecule has 0 saturated carbocycles. The van der Waals surface area contributed by atoms with Gasteiger partial charge >= 0.3 is 0 Å². The zero-order chi connectivity index (χ0) is 8.81. The van der Waals surface area contributed by atoms with E-state index in [9.17, 15) is 0 Å². The van der Waals surface area contributed by atoms with Crippen molar-refractivity contribution >= 4 is 0 Å². The Kier molecular flexibility index (Phi) is 14.8. The van der Waals surface area contributed by atoms with Gasteiger partial charge in [-0.1, -0.05) is 59.9 Å². The Labute approximate surface area is 96.7 Å². The largest absolute Gasteiger partial charge is 0.330 e. The molecule has 0 radical (unpaired) electrons. The van der Waals surface area contributed by atoms with E-state index in [1.54, 1.807) is 0 Å². The highest BCUT2D eigenvalue weighted by Crippen LogP contribution is 2.06. The van der Waals surface area contributed by atoms with E-state index in [1.807, 2.05) is 0 Å². The summed E-state index contributed by atoms with van der Waals surface area (Å²) in [6.45, 7) is 2.95. The molecule has 0 fully saturated rings. The van der Waals surface area contributed by atoms with Crippen molar-refractivity contribution in [3.05, 3.63) is 35.4 Å². The lowest BCUT2D eigenvalue weighted by atomic mass is 10.1. The molecule has 0 aromatic heterocycles. The Morgan fingerprint density at radius 1 is 0.867 bits per heavy atom. The Balaban J connectivity index is -0.000000480. The van der Waals surface area contributed by atoms with E-state index in [0.717, 1.165) is 13.0 Å². The molecule has 0 aliphatic heterocycles. The smallest absolute Gasteiger partial charge is 0.00367 e. The highest BCUT2D eigenvalue weighted by molar-refractivity contribution is 5.22. The lowest BCUT2D eigenvalue weighted by Crippen LogP contribution is -2.02. The van der Waals surface area contributed by atoms with Crippen molar-refractivity contribution in [2.45, 2.75) is 48.5 Å². The quantitative estimate of drug-likeness (QED) is 0.799. The van der Waals surface area contributed by atoms with Crippen LogP contribution in [0, 0.1) is 0 Å². The van der Waals surface area contributed by atoms with Crippen LogP contribution in [0.5, 0.6) is 0 Å². The highest BCUT2D eigenvalue weighted by Gasteiger charge is 1.92. The molecule has 0 spiro atoms. The van der Waals surface area contributed by atoms with Crippen LogP contribution in [0.4, 0.5) is 0 Å². The summed E-state index contributed by atoms with van der Waals surface area (Å²) in [6, 6.07) is 8.76. The Morgan fingerprint density at radius 3 is 1.60 bits per heavy atom. The third-order valence-electron chi connectivity index (χ3n) is 1.99. The standard InChI is InChI=1S/C11H17N.3CH4/c1-2-3-10-4-6-11(7-5-10)8-9-12;;;/h4-7H,2-3,8-9,12H2,1H3;3*1H4. The molecule has 0 bridgehead atoms. The van der Waals surface area contributed by atoms with E-state index in [4.69, 9.17) is 5.73 Å². The molecule has 1 aromatic carbocycles. The maximum Gasteiger partial charge on any atom is -0.00367 e. The zero-order valence-electron chi connectivity index (χ0n) is 7.72. The molecular formula is C14H29N. The summed E-state index contributed by atoms with van der Waals surface area (Å²) in [6.07, 6.45) is 3.39. The van der Waals surface area contributed by atoms with E-state index >= 15 is 0 Å². The van der Waals surface area contributed by atoms with Gasteiger partial charge in [0, 0.05) is 0 Å². The zero-order valence-corrected chi connectivity index (χ0v) is 7.72. The summed E-state index contributed by atoms with van der Waals surface area (Å²) >= 11 is 0. The third-order valence-corrected chi connectivity index (χ3v) is 1.99. The van der Waals surface area contributed by atoms with Crippen molar-refractivity contribution in [3.8, 4) is 0 Å². The lowest BCUT2D eigenvalue weighted by Gasteiger charge is -2.01. The van der Waals surface area contributed by atoms with Gasteiger partial charge < -0.3 is 5.73 Å². The van der Waals surface area contributed by atoms with Crippen LogP contribution in [0.2, 0.25) is 0 Å².